The highest BCUT2D eigenvalue weighted by Crippen LogP contribution is 2.16. The molecule has 1 atom stereocenters. The second-order valence-corrected chi connectivity index (χ2v) is 7.92. The lowest BCUT2D eigenvalue weighted by molar-refractivity contribution is -0.149. The van der Waals surface area contributed by atoms with Crippen LogP contribution in [-0.2, 0) is 32.1 Å². The first-order valence-electron chi connectivity index (χ1n) is 11.0. The van der Waals surface area contributed by atoms with E-state index in [9.17, 15) is 14.4 Å². The Bertz CT molecular complexity index is 1120. The number of amides is 2. The zero-order chi connectivity index (χ0) is 24.3. The Hall–Kier alpha value is -4.13. The third-order valence-corrected chi connectivity index (χ3v) is 5.08. The molecule has 176 valence electrons. The molecule has 0 unspecified atom stereocenters. The predicted molar refractivity (Wildman–Crippen MR) is 129 cm³/mol. The molecule has 0 aromatic heterocycles. The molecule has 34 heavy (non-hydrogen) atoms. The minimum absolute atomic E-state index is 0.0675. The third kappa shape index (κ3) is 7.78. The van der Waals surface area contributed by atoms with Crippen molar-refractivity contribution < 1.29 is 23.9 Å². The topological polar surface area (TPSA) is 93.7 Å². The summed E-state index contributed by atoms with van der Waals surface area (Å²) in [7, 11) is 0. The van der Waals surface area contributed by atoms with Crippen LogP contribution in [0.2, 0.25) is 0 Å². The highest BCUT2D eigenvalue weighted by Gasteiger charge is 2.24. The van der Waals surface area contributed by atoms with Gasteiger partial charge in [0, 0.05) is 12.1 Å². The van der Waals surface area contributed by atoms with Crippen LogP contribution in [-0.4, -0.2) is 30.6 Å². The van der Waals surface area contributed by atoms with Crippen LogP contribution in [0.25, 0.3) is 0 Å². The van der Waals surface area contributed by atoms with E-state index in [-0.39, 0.29) is 13.0 Å². The lowest BCUT2D eigenvalue weighted by Crippen LogP contribution is -2.44. The van der Waals surface area contributed by atoms with Gasteiger partial charge in [-0.05, 0) is 42.2 Å². The molecule has 0 saturated heterocycles. The summed E-state index contributed by atoms with van der Waals surface area (Å²) in [5.41, 5.74) is 4.20. The number of carbonyl (C=O) groups is 3. The summed E-state index contributed by atoms with van der Waals surface area (Å²) in [5, 5.41) is 5.30. The van der Waals surface area contributed by atoms with Crippen molar-refractivity contribution in [1.29, 1.82) is 0 Å². The van der Waals surface area contributed by atoms with Gasteiger partial charge in [-0.25, -0.2) is 9.59 Å². The average Bonchev–Trinajstić information content (AvgIpc) is 2.84. The third-order valence-electron chi connectivity index (χ3n) is 5.08. The monoisotopic (exact) mass is 460 g/mol. The van der Waals surface area contributed by atoms with Gasteiger partial charge < -0.3 is 20.1 Å². The van der Waals surface area contributed by atoms with E-state index in [1.54, 1.807) is 0 Å². The summed E-state index contributed by atoms with van der Waals surface area (Å²) in [6, 6.07) is 23.1. The Balaban J connectivity index is 1.58. The van der Waals surface area contributed by atoms with E-state index in [0.29, 0.717) is 5.69 Å². The minimum atomic E-state index is -1.01. The highest BCUT2D eigenvalue weighted by molar-refractivity contribution is 5.94. The number of aryl methyl sites for hydroxylation is 2. The lowest BCUT2D eigenvalue weighted by atomic mass is 10.1. The Morgan fingerprint density at radius 2 is 1.47 bits per heavy atom. The van der Waals surface area contributed by atoms with Crippen LogP contribution in [0.15, 0.2) is 78.9 Å². The summed E-state index contributed by atoms with van der Waals surface area (Å²) in [6.07, 6.45) is -0.555. The number of ether oxygens (including phenoxy) is 2. The molecule has 3 aromatic rings. The number of benzene rings is 3. The first kappa shape index (κ1) is 24.5. The van der Waals surface area contributed by atoms with Crippen LogP contribution in [0.3, 0.4) is 0 Å². The van der Waals surface area contributed by atoms with Crippen LogP contribution in [0, 0.1) is 13.8 Å². The number of anilines is 1. The Kier molecular flexibility index (Phi) is 8.80. The molecule has 3 aromatic carbocycles. The number of hydrogen-bond donors (Lipinski definition) is 2. The standard InChI is InChI=1S/C27H28N2O5/c1-19-13-14-20(2)23(15-19)28-25(30)18-33-26(31)24(16-21-9-5-3-6-10-21)29-27(32)34-17-22-11-7-4-8-12-22/h3-15,24H,16-18H2,1-2H3,(H,28,30)(H,29,32)/t24-/m1/s1. The maximum atomic E-state index is 12.8. The zero-order valence-corrected chi connectivity index (χ0v) is 19.2. The van der Waals surface area contributed by atoms with Crippen LogP contribution in [0.5, 0.6) is 0 Å². The smallest absolute Gasteiger partial charge is 0.408 e. The van der Waals surface area contributed by atoms with Gasteiger partial charge in [0.15, 0.2) is 6.61 Å². The van der Waals surface area contributed by atoms with Gasteiger partial charge in [-0.2, -0.15) is 0 Å². The molecule has 0 aliphatic heterocycles. The van der Waals surface area contributed by atoms with E-state index < -0.39 is 30.6 Å². The maximum Gasteiger partial charge on any atom is 0.408 e. The van der Waals surface area contributed by atoms with Crippen molar-refractivity contribution in [2.24, 2.45) is 0 Å². The molecular formula is C27H28N2O5. The number of esters is 1. The van der Waals surface area contributed by atoms with Crippen LogP contribution < -0.4 is 10.6 Å². The second kappa shape index (κ2) is 12.2. The van der Waals surface area contributed by atoms with Crippen LogP contribution >= 0.6 is 0 Å². The first-order chi connectivity index (χ1) is 16.4. The molecule has 7 heteroatoms. The van der Waals surface area contributed by atoms with Gasteiger partial charge in [-0.1, -0.05) is 72.8 Å². The van der Waals surface area contributed by atoms with Gasteiger partial charge in [0.1, 0.15) is 12.6 Å². The number of nitrogens with one attached hydrogen (secondary N) is 2. The van der Waals surface area contributed by atoms with Crippen molar-refractivity contribution in [2.45, 2.75) is 32.9 Å². The summed E-state index contributed by atoms with van der Waals surface area (Å²) in [6.45, 7) is 3.39. The van der Waals surface area contributed by atoms with Gasteiger partial charge in [0.25, 0.3) is 5.91 Å². The number of rotatable bonds is 9. The Morgan fingerprint density at radius 3 is 2.15 bits per heavy atom. The molecule has 3 rings (SSSR count). The predicted octanol–water partition coefficient (Wildman–Crippen LogP) is 4.32. The molecule has 0 heterocycles. The second-order valence-electron chi connectivity index (χ2n) is 7.92. The molecule has 0 spiro atoms. The molecule has 2 N–H and O–H groups in total. The normalized spacial score (nSPS) is 11.2. The summed E-state index contributed by atoms with van der Waals surface area (Å²) < 4.78 is 10.5. The molecule has 0 radical (unpaired) electrons. The summed E-state index contributed by atoms with van der Waals surface area (Å²) in [4.78, 5) is 37.5. The molecule has 7 nitrogen and oxygen atoms in total. The number of hydrogen-bond acceptors (Lipinski definition) is 5. The molecule has 2 amide bonds. The fraction of sp³-hybridized carbons (Fsp3) is 0.222. The van der Waals surface area contributed by atoms with E-state index >= 15 is 0 Å². The highest BCUT2D eigenvalue weighted by atomic mass is 16.6. The molecule has 0 aliphatic carbocycles. The first-order valence-corrected chi connectivity index (χ1v) is 11.0. The van der Waals surface area contributed by atoms with Crippen LogP contribution in [0.4, 0.5) is 10.5 Å². The van der Waals surface area contributed by atoms with Gasteiger partial charge >= 0.3 is 12.1 Å². The molecule has 0 aliphatic rings. The molecule has 0 fully saturated rings. The summed E-state index contributed by atoms with van der Waals surface area (Å²) in [5.74, 6) is -1.19. The quantitative estimate of drug-likeness (QED) is 0.464. The van der Waals surface area contributed by atoms with Crippen molar-refractivity contribution in [2.75, 3.05) is 11.9 Å². The molecular weight excluding hydrogens is 432 g/mol. The van der Waals surface area contributed by atoms with Crippen molar-refractivity contribution in [3.8, 4) is 0 Å². The largest absolute Gasteiger partial charge is 0.454 e. The number of carbonyl (C=O) groups excluding carboxylic acids is 3. The fourth-order valence-corrected chi connectivity index (χ4v) is 3.24. The van der Waals surface area contributed by atoms with Gasteiger partial charge in [0.2, 0.25) is 0 Å². The summed E-state index contributed by atoms with van der Waals surface area (Å²) >= 11 is 0. The van der Waals surface area contributed by atoms with Crippen molar-refractivity contribution in [3.05, 3.63) is 101 Å². The van der Waals surface area contributed by atoms with Crippen molar-refractivity contribution in [1.82, 2.24) is 5.32 Å². The van der Waals surface area contributed by atoms with Crippen molar-refractivity contribution in [3.63, 3.8) is 0 Å². The average molecular weight is 461 g/mol. The lowest BCUT2D eigenvalue weighted by Gasteiger charge is -2.18. The SMILES string of the molecule is Cc1ccc(C)c(NC(=O)COC(=O)[C@@H](Cc2ccccc2)NC(=O)OCc2ccccc2)c1. The van der Waals surface area contributed by atoms with E-state index in [0.717, 1.165) is 22.3 Å². The van der Waals surface area contributed by atoms with E-state index in [1.165, 1.54) is 0 Å². The van der Waals surface area contributed by atoms with Crippen LogP contribution in [0.1, 0.15) is 22.3 Å². The fourth-order valence-electron chi connectivity index (χ4n) is 3.24. The molecule has 0 saturated carbocycles. The number of alkyl carbamates (subject to hydrolysis) is 1. The Morgan fingerprint density at radius 1 is 0.824 bits per heavy atom. The van der Waals surface area contributed by atoms with Gasteiger partial charge in [-0.3, -0.25) is 4.79 Å². The zero-order valence-electron chi connectivity index (χ0n) is 19.2. The Labute approximate surface area is 199 Å². The van der Waals surface area contributed by atoms with Gasteiger partial charge in [-0.15, -0.1) is 0 Å². The minimum Gasteiger partial charge on any atom is -0.454 e. The van der Waals surface area contributed by atoms with Gasteiger partial charge in [0.05, 0.1) is 0 Å². The van der Waals surface area contributed by atoms with E-state index in [4.69, 9.17) is 9.47 Å². The maximum absolute atomic E-state index is 12.8. The molecule has 0 bridgehead atoms. The van der Waals surface area contributed by atoms with E-state index in [2.05, 4.69) is 10.6 Å². The van der Waals surface area contributed by atoms with E-state index in [1.807, 2.05) is 92.7 Å². The van der Waals surface area contributed by atoms with Crippen molar-refractivity contribution >= 4 is 23.7 Å².